The highest BCUT2D eigenvalue weighted by molar-refractivity contribution is 5.88. The number of methoxy groups -OCH3 is 1. The predicted octanol–water partition coefficient (Wildman–Crippen LogP) is 1.53. The van der Waals surface area contributed by atoms with Gasteiger partial charge in [0.05, 0.1) is 23.8 Å². The third-order valence-corrected chi connectivity index (χ3v) is 2.70. The summed E-state index contributed by atoms with van der Waals surface area (Å²) >= 11 is 0. The van der Waals surface area contributed by atoms with Crippen LogP contribution in [0.4, 0.5) is 0 Å². The fraction of sp³-hybridized carbons (Fsp3) is 0.333. The largest absolute Gasteiger partial charge is 0.465 e. The van der Waals surface area contributed by atoms with E-state index in [1.54, 1.807) is 12.1 Å². The Balaban J connectivity index is 2.26. The SMILES string of the molecule is C#CC1(c2ccc(C(=O)OC)cn2)CC1. The second-order valence-corrected chi connectivity index (χ2v) is 3.65. The highest BCUT2D eigenvalue weighted by atomic mass is 16.5. The molecule has 0 N–H and O–H groups in total. The zero-order valence-corrected chi connectivity index (χ0v) is 8.49. The quantitative estimate of drug-likeness (QED) is 0.538. The average Bonchev–Trinajstić information content (AvgIpc) is 3.09. The Morgan fingerprint density at radius 3 is 2.73 bits per heavy atom. The van der Waals surface area contributed by atoms with Crippen LogP contribution in [0.1, 0.15) is 28.9 Å². The van der Waals surface area contributed by atoms with Gasteiger partial charge in [0.1, 0.15) is 0 Å². The van der Waals surface area contributed by atoms with E-state index in [2.05, 4.69) is 15.6 Å². The maximum absolute atomic E-state index is 11.2. The van der Waals surface area contributed by atoms with Crippen molar-refractivity contribution in [1.82, 2.24) is 4.98 Å². The summed E-state index contributed by atoms with van der Waals surface area (Å²) in [5.41, 5.74) is 1.15. The number of ether oxygens (including phenoxy) is 1. The lowest BCUT2D eigenvalue weighted by atomic mass is 10.0. The molecule has 3 heteroatoms. The average molecular weight is 201 g/mol. The maximum Gasteiger partial charge on any atom is 0.339 e. The second-order valence-electron chi connectivity index (χ2n) is 3.65. The van der Waals surface area contributed by atoms with E-state index in [4.69, 9.17) is 6.42 Å². The van der Waals surface area contributed by atoms with Gasteiger partial charge in [-0.15, -0.1) is 6.42 Å². The van der Waals surface area contributed by atoms with Gasteiger partial charge in [0.2, 0.25) is 0 Å². The Morgan fingerprint density at radius 1 is 1.60 bits per heavy atom. The van der Waals surface area contributed by atoms with Crippen molar-refractivity contribution < 1.29 is 9.53 Å². The van der Waals surface area contributed by atoms with Gasteiger partial charge in [-0.1, -0.05) is 5.92 Å². The van der Waals surface area contributed by atoms with Crippen LogP contribution in [0, 0.1) is 12.3 Å². The van der Waals surface area contributed by atoms with Crippen molar-refractivity contribution in [3.05, 3.63) is 29.6 Å². The van der Waals surface area contributed by atoms with Crippen LogP contribution in [0.5, 0.6) is 0 Å². The highest BCUT2D eigenvalue weighted by Gasteiger charge is 2.43. The number of pyridine rings is 1. The van der Waals surface area contributed by atoms with E-state index in [1.807, 2.05) is 0 Å². The summed E-state index contributed by atoms with van der Waals surface area (Å²) in [4.78, 5) is 15.4. The van der Waals surface area contributed by atoms with E-state index >= 15 is 0 Å². The smallest absolute Gasteiger partial charge is 0.339 e. The zero-order chi connectivity index (χ0) is 10.9. The summed E-state index contributed by atoms with van der Waals surface area (Å²) in [6, 6.07) is 3.50. The molecular weight excluding hydrogens is 190 g/mol. The molecule has 1 fully saturated rings. The molecule has 0 spiro atoms. The first-order valence-electron chi connectivity index (χ1n) is 4.74. The Kier molecular flexibility index (Phi) is 2.20. The second kappa shape index (κ2) is 3.39. The minimum atomic E-state index is -0.375. The summed E-state index contributed by atoms with van der Waals surface area (Å²) in [7, 11) is 1.35. The van der Waals surface area contributed by atoms with E-state index in [9.17, 15) is 4.79 Å². The van der Waals surface area contributed by atoms with Crippen LogP contribution in [-0.2, 0) is 10.2 Å². The molecule has 0 saturated heterocycles. The molecule has 0 amide bonds. The molecule has 0 aliphatic heterocycles. The first-order chi connectivity index (χ1) is 7.22. The molecule has 0 aromatic carbocycles. The Labute approximate surface area is 88.5 Å². The number of esters is 1. The number of rotatable bonds is 2. The predicted molar refractivity (Wildman–Crippen MR) is 55.3 cm³/mol. The number of hydrogen-bond donors (Lipinski definition) is 0. The summed E-state index contributed by atoms with van der Waals surface area (Å²) in [5.74, 6) is 2.38. The molecule has 15 heavy (non-hydrogen) atoms. The van der Waals surface area contributed by atoms with E-state index in [0.29, 0.717) is 5.56 Å². The lowest BCUT2D eigenvalue weighted by molar-refractivity contribution is 0.0600. The molecule has 1 aliphatic rings. The van der Waals surface area contributed by atoms with Crippen molar-refractivity contribution in [2.75, 3.05) is 7.11 Å². The minimum Gasteiger partial charge on any atom is -0.465 e. The molecule has 0 atom stereocenters. The fourth-order valence-corrected chi connectivity index (χ4v) is 1.51. The van der Waals surface area contributed by atoms with Crippen LogP contribution in [0.2, 0.25) is 0 Å². The summed E-state index contributed by atoms with van der Waals surface area (Å²) in [6.45, 7) is 0. The van der Waals surface area contributed by atoms with Crippen molar-refractivity contribution >= 4 is 5.97 Å². The van der Waals surface area contributed by atoms with Crippen LogP contribution in [0.3, 0.4) is 0 Å². The molecule has 1 saturated carbocycles. The number of carbonyl (C=O) groups excluding carboxylic acids is 1. The van der Waals surface area contributed by atoms with Crippen molar-refractivity contribution in [3.8, 4) is 12.3 Å². The van der Waals surface area contributed by atoms with Gasteiger partial charge < -0.3 is 4.74 Å². The molecule has 1 aliphatic carbocycles. The molecule has 0 unspecified atom stereocenters. The molecule has 76 valence electrons. The van der Waals surface area contributed by atoms with Gasteiger partial charge >= 0.3 is 5.97 Å². The third-order valence-electron chi connectivity index (χ3n) is 2.70. The number of aromatic nitrogens is 1. The van der Waals surface area contributed by atoms with Gasteiger partial charge in [0, 0.05) is 6.20 Å². The van der Waals surface area contributed by atoms with Crippen LogP contribution >= 0.6 is 0 Å². The van der Waals surface area contributed by atoms with Gasteiger partial charge in [-0.25, -0.2) is 4.79 Å². The van der Waals surface area contributed by atoms with Crippen molar-refractivity contribution in [2.45, 2.75) is 18.3 Å². The first-order valence-corrected chi connectivity index (χ1v) is 4.74. The summed E-state index contributed by atoms with van der Waals surface area (Å²) in [5, 5.41) is 0. The van der Waals surface area contributed by atoms with Gasteiger partial charge in [-0.05, 0) is 25.0 Å². The molecule has 2 rings (SSSR count). The monoisotopic (exact) mass is 201 g/mol. The van der Waals surface area contributed by atoms with Crippen LogP contribution in [-0.4, -0.2) is 18.1 Å². The summed E-state index contributed by atoms with van der Waals surface area (Å²) < 4.78 is 4.58. The topological polar surface area (TPSA) is 39.2 Å². The van der Waals surface area contributed by atoms with Crippen molar-refractivity contribution in [2.24, 2.45) is 0 Å². The van der Waals surface area contributed by atoms with E-state index in [0.717, 1.165) is 18.5 Å². The van der Waals surface area contributed by atoms with Crippen molar-refractivity contribution in [3.63, 3.8) is 0 Å². The van der Waals surface area contributed by atoms with Crippen LogP contribution in [0.25, 0.3) is 0 Å². The van der Waals surface area contributed by atoms with Gasteiger partial charge in [0.15, 0.2) is 0 Å². The summed E-state index contributed by atoms with van der Waals surface area (Å²) in [6.07, 6.45) is 8.92. The van der Waals surface area contributed by atoms with Gasteiger partial charge in [-0.3, -0.25) is 4.98 Å². The Bertz CT molecular complexity index is 424. The molecule has 1 aromatic rings. The van der Waals surface area contributed by atoms with Crippen LogP contribution < -0.4 is 0 Å². The fourth-order valence-electron chi connectivity index (χ4n) is 1.51. The third kappa shape index (κ3) is 1.59. The number of carbonyl (C=O) groups is 1. The highest BCUT2D eigenvalue weighted by Crippen LogP contribution is 2.46. The minimum absolute atomic E-state index is 0.172. The van der Waals surface area contributed by atoms with Crippen LogP contribution in [0.15, 0.2) is 18.3 Å². The molecule has 0 radical (unpaired) electrons. The molecule has 1 aromatic heterocycles. The molecule has 0 bridgehead atoms. The van der Waals surface area contributed by atoms with E-state index < -0.39 is 0 Å². The Morgan fingerprint density at radius 2 is 2.33 bits per heavy atom. The van der Waals surface area contributed by atoms with Gasteiger partial charge in [0.25, 0.3) is 0 Å². The zero-order valence-electron chi connectivity index (χ0n) is 8.49. The van der Waals surface area contributed by atoms with Gasteiger partial charge in [-0.2, -0.15) is 0 Å². The first kappa shape index (κ1) is 9.72. The molecule has 3 nitrogen and oxygen atoms in total. The molecule has 1 heterocycles. The number of terminal acetylenes is 1. The standard InChI is InChI=1S/C12H11NO2/c1-3-12(6-7-12)10-5-4-9(8-13-10)11(14)15-2/h1,4-5,8H,6-7H2,2H3. The lowest BCUT2D eigenvalue weighted by Gasteiger charge is -2.06. The number of hydrogen-bond acceptors (Lipinski definition) is 3. The molecular formula is C12H11NO2. The lowest BCUT2D eigenvalue weighted by Crippen LogP contribution is -2.08. The maximum atomic E-state index is 11.2. The van der Waals surface area contributed by atoms with E-state index in [1.165, 1.54) is 13.3 Å². The van der Waals surface area contributed by atoms with Crippen molar-refractivity contribution in [1.29, 1.82) is 0 Å². The van der Waals surface area contributed by atoms with E-state index in [-0.39, 0.29) is 11.4 Å². The normalized spacial score (nSPS) is 16.5. The number of nitrogens with zero attached hydrogens (tertiary/aromatic N) is 1. The Hall–Kier alpha value is -1.82.